The lowest BCUT2D eigenvalue weighted by atomic mass is 9.97. The number of nitrogens with one attached hydrogen (secondary N) is 3. The third-order valence-electron chi connectivity index (χ3n) is 5.48. The number of hydrogen-bond acceptors (Lipinski definition) is 9. The summed E-state index contributed by atoms with van der Waals surface area (Å²) >= 11 is 0. The van der Waals surface area contributed by atoms with Gasteiger partial charge in [0.15, 0.2) is 12.1 Å². The Bertz CT molecular complexity index is 1160. The smallest absolute Gasteiger partial charge is 0.407 e. The Hall–Kier alpha value is -3.73. The molecule has 5 N–H and O–H groups in total. The number of benzene rings is 1. The fraction of sp³-hybridized carbons (Fsp3) is 0.458. The van der Waals surface area contributed by atoms with E-state index < -0.39 is 11.7 Å². The molecule has 0 saturated carbocycles. The van der Waals surface area contributed by atoms with Crippen molar-refractivity contribution in [1.82, 2.24) is 20.5 Å². The van der Waals surface area contributed by atoms with Crippen LogP contribution in [0.3, 0.4) is 0 Å². The van der Waals surface area contributed by atoms with Crippen LogP contribution in [0.25, 0.3) is 11.3 Å². The summed E-state index contributed by atoms with van der Waals surface area (Å²) in [6, 6.07) is 7.71. The molecule has 0 aliphatic carbocycles. The summed E-state index contributed by atoms with van der Waals surface area (Å²) in [5.74, 6) is 0.0891. The highest BCUT2D eigenvalue weighted by molar-refractivity contribution is 6.71. The standard InChI is InChI=1S/C24H32N8O3/c1-24(2,3)35-23(33)27-11-12-28-31-21-16-8-7-15(14-17(16)30-22(26)20(21)25)18-9-10-29-32(18)19-6-4-5-13-34-19/h7-10,14,19,25,28H,4-6,11-13H2,1-3H3,(H2,26,30)(H,27,33)/b25-20?,31-21-. The van der Waals surface area contributed by atoms with Crippen LogP contribution in [0.2, 0.25) is 0 Å². The zero-order valence-electron chi connectivity index (χ0n) is 20.3. The van der Waals surface area contributed by atoms with E-state index in [-0.39, 0.29) is 17.8 Å². The van der Waals surface area contributed by atoms with Crippen LogP contribution in [0.15, 0.2) is 40.6 Å². The Balaban J connectivity index is 1.48. The first-order valence-electron chi connectivity index (χ1n) is 11.7. The van der Waals surface area contributed by atoms with Crippen molar-refractivity contribution in [2.45, 2.75) is 51.9 Å². The molecule has 11 nitrogen and oxygen atoms in total. The van der Waals surface area contributed by atoms with Crippen molar-refractivity contribution >= 4 is 29.0 Å². The summed E-state index contributed by atoms with van der Waals surface area (Å²) in [6.45, 7) is 6.80. The number of rotatable bonds is 6. The van der Waals surface area contributed by atoms with E-state index in [1.54, 1.807) is 27.0 Å². The molecule has 1 amide bonds. The number of ether oxygens (including phenoxy) is 2. The Morgan fingerprint density at radius 1 is 1.31 bits per heavy atom. The van der Waals surface area contributed by atoms with Crippen molar-refractivity contribution < 1.29 is 14.3 Å². The number of aliphatic imine (C=N–C) groups is 1. The first-order chi connectivity index (χ1) is 16.7. The van der Waals surface area contributed by atoms with Crippen molar-refractivity contribution in [2.24, 2.45) is 15.8 Å². The van der Waals surface area contributed by atoms with Gasteiger partial charge in [0, 0.05) is 30.5 Å². The first-order valence-corrected chi connectivity index (χ1v) is 11.7. The highest BCUT2D eigenvalue weighted by atomic mass is 16.6. The molecule has 4 rings (SSSR count). The van der Waals surface area contributed by atoms with E-state index in [1.165, 1.54) is 0 Å². The molecule has 2 aliphatic heterocycles. The van der Waals surface area contributed by atoms with Crippen molar-refractivity contribution in [3.05, 3.63) is 36.0 Å². The van der Waals surface area contributed by atoms with Gasteiger partial charge in [-0.2, -0.15) is 10.2 Å². The van der Waals surface area contributed by atoms with Gasteiger partial charge in [-0.1, -0.05) is 6.07 Å². The molecule has 3 heterocycles. The molecule has 1 saturated heterocycles. The third kappa shape index (κ3) is 5.86. The van der Waals surface area contributed by atoms with E-state index in [2.05, 4.69) is 25.9 Å². The Labute approximate surface area is 204 Å². The SMILES string of the molecule is CC(C)(C)OC(=O)NCCN/N=C1\C(=N)C(N)=Nc2cc(-c3ccnn3C3CCCCO3)ccc21. The van der Waals surface area contributed by atoms with Gasteiger partial charge in [-0.15, -0.1) is 0 Å². The topological polar surface area (TPSA) is 152 Å². The second kappa shape index (κ2) is 10.3. The molecule has 35 heavy (non-hydrogen) atoms. The van der Waals surface area contributed by atoms with Gasteiger partial charge in [0.25, 0.3) is 0 Å². The maximum absolute atomic E-state index is 11.8. The maximum atomic E-state index is 11.8. The van der Waals surface area contributed by atoms with Crippen molar-refractivity contribution in [1.29, 1.82) is 5.41 Å². The summed E-state index contributed by atoms with van der Waals surface area (Å²) in [7, 11) is 0. The summed E-state index contributed by atoms with van der Waals surface area (Å²) in [6.07, 6.45) is 4.29. The number of hydrazone groups is 1. The zero-order chi connectivity index (χ0) is 25.0. The Morgan fingerprint density at radius 2 is 2.14 bits per heavy atom. The van der Waals surface area contributed by atoms with Gasteiger partial charge in [0.1, 0.15) is 17.0 Å². The van der Waals surface area contributed by atoms with Crippen LogP contribution in [-0.4, -0.2) is 58.4 Å². The van der Waals surface area contributed by atoms with Crippen LogP contribution < -0.4 is 16.5 Å². The van der Waals surface area contributed by atoms with E-state index in [4.69, 9.17) is 20.6 Å². The van der Waals surface area contributed by atoms with Gasteiger partial charge in [0.05, 0.1) is 17.9 Å². The predicted molar refractivity (Wildman–Crippen MR) is 134 cm³/mol. The molecular weight excluding hydrogens is 448 g/mol. The van der Waals surface area contributed by atoms with Gasteiger partial charge in [-0.25, -0.2) is 14.5 Å². The van der Waals surface area contributed by atoms with Crippen LogP contribution in [-0.2, 0) is 9.47 Å². The fourth-order valence-electron chi connectivity index (χ4n) is 3.90. The molecule has 1 atom stereocenters. The van der Waals surface area contributed by atoms with Crippen molar-refractivity contribution in [3.63, 3.8) is 0 Å². The molecule has 0 spiro atoms. The number of nitrogens with zero attached hydrogens (tertiary/aromatic N) is 4. The molecule has 1 aromatic heterocycles. The summed E-state index contributed by atoms with van der Waals surface area (Å²) in [4.78, 5) is 16.2. The minimum atomic E-state index is -0.560. The maximum Gasteiger partial charge on any atom is 0.407 e. The van der Waals surface area contributed by atoms with Crippen LogP contribution >= 0.6 is 0 Å². The quantitative estimate of drug-likeness (QED) is 0.368. The van der Waals surface area contributed by atoms with Gasteiger partial charge in [0.2, 0.25) is 0 Å². The van der Waals surface area contributed by atoms with E-state index >= 15 is 0 Å². The summed E-state index contributed by atoms with van der Waals surface area (Å²) in [5, 5.41) is 19.8. The fourth-order valence-corrected chi connectivity index (χ4v) is 3.90. The third-order valence-corrected chi connectivity index (χ3v) is 5.48. The minimum Gasteiger partial charge on any atom is -0.444 e. The Kier molecular flexibility index (Phi) is 7.15. The molecule has 2 aliphatic rings. The molecule has 1 unspecified atom stereocenters. The molecule has 0 radical (unpaired) electrons. The minimum absolute atomic E-state index is 0.0403. The van der Waals surface area contributed by atoms with Gasteiger partial charge < -0.3 is 25.9 Å². The number of nitrogens with two attached hydrogens (primary N) is 1. The molecular formula is C24H32N8O3. The van der Waals surface area contributed by atoms with E-state index in [0.29, 0.717) is 30.1 Å². The van der Waals surface area contributed by atoms with E-state index in [1.807, 2.05) is 28.9 Å². The lowest BCUT2D eigenvalue weighted by Gasteiger charge is -2.25. The lowest BCUT2D eigenvalue weighted by Crippen LogP contribution is -2.37. The monoisotopic (exact) mass is 480 g/mol. The van der Waals surface area contributed by atoms with E-state index in [0.717, 1.165) is 37.1 Å². The molecule has 186 valence electrons. The molecule has 11 heteroatoms. The predicted octanol–water partition coefficient (Wildman–Crippen LogP) is 3.09. The number of hydrogen-bond donors (Lipinski definition) is 4. The van der Waals surface area contributed by atoms with Crippen molar-refractivity contribution in [3.8, 4) is 11.3 Å². The number of amides is 1. The highest BCUT2D eigenvalue weighted by Crippen LogP contribution is 2.33. The number of alkyl carbamates (subject to hydrolysis) is 1. The number of carbonyl (C=O) groups is 1. The second-order valence-corrected chi connectivity index (χ2v) is 9.38. The summed E-state index contributed by atoms with van der Waals surface area (Å²) < 4.78 is 13.0. The van der Waals surface area contributed by atoms with Gasteiger partial charge in [-0.3, -0.25) is 5.41 Å². The van der Waals surface area contributed by atoms with E-state index in [9.17, 15) is 4.79 Å². The normalized spacial score (nSPS) is 19.2. The summed E-state index contributed by atoms with van der Waals surface area (Å²) in [5.41, 5.74) is 12.0. The molecule has 0 bridgehead atoms. The van der Waals surface area contributed by atoms with Gasteiger partial charge >= 0.3 is 6.09 Å². The molecule has 1 fully saturated rings. The number of amidine groups is 1. The average Bonchev–Trinajstić information content (AvgIpc) is 3.30. The largest absolute Gasteiger partial charge is 0.444 e. The van der Waals surface area contributed by atoms with Crippen LogP contribution in [0.4, 0.5) is 10.5 Å². The second-order valence-electron chi connectivity index (χ2n) is 9.38. The van der Waals surface area contributed by atoms with Gasteiger partial charge in [-0.05, 0) is 58.2 Å². The van der Waals surface area contributed by atoms with Crippen molar-refractivity contribution in [2.75, 3.05) is 19.7 Å². The van der Waals surface area contributed by atoms with Crippen LogP contribution in [0.5, 0.6) is 0 Å². The number of carbonyl (C=O) groups excluding carboxylic acids is 1. The highest BCUT2D eigenvalue weighted by Gasteiger charge is 2.25. The first kappa shape index (κ1) is 24.4. The van der Waals surface area contributed by atoms with Crippen LogP contribution in [0, 0.1) is 5.41 Å². The average molecular weight is 481 g/mol. The zero-order valence-corrected chi connectivity index (χ0v) is 20.3. The lowest BCUT2D eigenvalue weighted by molar-refractivity contribution is -0.0383. The Morgan fingerprint density at radius 3 is 2.89 bits per heavy atom. The molecule has 1 aromatic carbocycles. The van der Waals surface area contributed by atoms with Crippen LogP contribution in [0.1, 0.15) is 51.8 Å². The molecule has 2 aromatic rings. The number of fused-ring (bicyclic) bond motifs is 1. The number of aromatic nitrogens is 2.